The zero-order chi connectivity index (χ0) is 18.5. The molecule has 0 saturated heterocycles. The van der Waals surface area contributed by atoms with E-state index in [1.165, 1.54) is 0 Å². The first-order valence-electron chi connectivity index (χ1n) is 8.51. The van der Waals surface area contributed by atoms with E-state index in [1.807, 2.05) is 12.1 Å². The summed E-state index contributed by atoms with van der Waals surface area (Å²) in [6.07, 6.45) is 1.75. The van der Waals surface area contributed by atoms with Crippen molar-refractivity contribution >= 4 is 17.8 Å². The average Bonchev–Trinajstić information content (AvgIpc) is 2.64. The van der Waals surface area contributed by atoms with Crippen molar-refractivity contribution in [2.24, 2.45) is 5.73 Å². The van der Waals surface area contributed by atoms with Crippen LogP contribution in [0.2, 0.25) is 0 Å². The smallest absolute Gasteiger partial charge is 0.410 e. The highest BCUT2D eigenvalue weighted by molar-refractivity contribution is 5.94. The molecule has 2 aromatic rings. The predicted molar refractivity (Wildman–Crippen MR) is 96.8 cm³/mol. The van der Waals surface area contributed by atoms with Crippen molar-refractivity contribution in [3.63, 3.8) is 0 Å². The number of hydrogen-bond acceptors (Lipinski definition) is 4. The van der Waals surface area contributed by atoms with Crippen molar-refractivity contribution in [3.05, 3.63) is 54.1 Å². The van der Waals surface area contributed by atoms with Crippen molar-refractivity contribution in [3.8, 4) is 16.9 Å². The lowest BCUT2D eigenvalue weighted by Gasteiger charge is -2.21. The first-order chi connectivity index (χ1) is 12.5. The molecule has 1 fully saturated rings. The molecule has 3 N–H and O–H groups in total. The highest BCUT2D eigenvalue weighted by Crippen LogP contribution is 2.25. The summed E-state index contributed by atoms with van der Waals surface area (Å²) < 4.78 is 5.36. The number of ether oxygens (including phenoxy) is 1. The van der Waals surface area contributed by atoms with Crippen molar-refractivity contribution in [2.75, 3.05) is 0 Å². The normalized spacial score (nSPS) is 14.7. The van der Waals surface area contributed by atoms with E-state index in [0.29, 0.717) is 37.0 Å². The fraction of sp³-hybridized carbons (Fsp3) is 0.250. The minimum atomic E-state index is -0.535. The molecule has 2 aromatic carbocycles. The number of Topliss-reactive ketones (excluding diaryl/α,β-unsaturated/α-hetero) is 1. The van der Waals surface area contributed by atoms with Crippen LogP contribution in [0.15, 0.2) is 48.5 Å². The molecule has 0 aliphatic heterocycles. The van der Waals surface area contributed by atoms with E-state index < -0.39 is 12.0 Å². The van der Waals surface area contributed by atoms with Gasteiger partial charge in [-0.1, -0.05) is 24.3 Å². The molecule has 2 amide bonds. The summed E-state index contributed by atoms with van der Waals surface area (Å²) >= 11 is 0. The van der Waals surface area contributed by atoms with E-state index in [1.54, 1.807) is 36.4 Å². The number of primary amides is 1. The van der Waals surface area contributed by atoms with E-state index in [0.717, 1.165) is 11.1 Å². The summed E-state index contributed by atoms with van der Waals surface area (Å²) in [5.74, 6) is 0.142. The van der Waals surface area contributed by atoms with Gasteiger partial charge in [0.15, 0.2) is 0 Å². The van der Waals surface area contributed by atoms with Crippen molar-refractivity contribution in [1.29, 1.82) is 0 Å². The Balaban J connectivity index is 1.67. The maximum absolute atomic E-state index is 12.1. The third-order valence-electron chi connectivity index (χ3n) is 4.39. The van der Waals surface area contributed by atoms with E-state index in [2.05, 4.69) is 5.32 Å². The Hall–Kier alpha value is -3.15. The molecule has 6 heteroatoms. The van der Waals surface area contributed by atoms with E-state index >= 15 is 0 Å². The first-order valence-corrected chi connectivity index (χ1v) is 8.51. The summed E-state index contributed by atoms with van der Waals surface area (Å²) in [5.41, 5.74) is 7.34. The molecule has 1 aliphatic rings. The van der Waals surface area contributed by atoms with Crippen LogP contribution in [0, 0.1) is 0 Å². The van der Waals surface area contributed by atoms with Crippen LogP contribution in [0.5, 0.6) is 5.75 Å². The van der Waals surface area contributed by atoms with Gasteiger partial charge in [-0.05, 0) is 48.2 Å². The Bertz CT molecular complexity index is 837. The van der Waals surface area contributed by atoms with Gasteiger partial charge in [0.1, 0.15) is 11.5 Å². The van der Waals surface area contributed by atoms with Crippen LogP contribution in [-0.4, -0.2) is 23.8 Å². The highest BCUT2D eigenvalue weighted by atomic mass is 16.6. The van der Waals surface area contributed by atoms with Gasteiger partial charge in [-0.3, -0.25) is 9.59 Å². The number of nitrogens with two attached hydrogens (primary N) is 1. The second-order valence-electron chi connectivity index (χ2n) is 6.32. The van der Waals surface area contributed by atoms with E-state index in [4.69, 9.17) is 10.5 Å². The second-order valence-corrected chi connectivity index (χ2v) is 6.32. The number of ketones is 1. The number of carbonyl (C=O) groups excluding carboxylic acids is 3. The van der Waals surface area contributed by atoms with Gasteiger partial charge in [-0.15, -0.1) is 0 Å². The molecule has 3 rings (SSSR count). The minimum Gasteiger partial charge on any atom is -0.410 e. The minimum absolute atomic E-state index is 0.0318. The van der Waals surface area contributed by atoms with Gasteiger partial charge in [0.25, 0.3) is 0 Å². The van der Waals surface area contributed by atoms with Crippen LogP contribution >= 0.6 is 0 Å². The molecule has 0 atom stereocenters. The summed E-state index contributed by atoms with van der Waals surface area (Å²) in [7, 11) is 0. The Kier molecular flexibility index (Phi) is 5.31. The molecule has 0 aromatic heterocycles. The van der Waals surface area contributed by atoms with Crippen LogP contribution < -0.4 is 15.8 Å². The quantitative estimate of drug-likeness (QED) is 0.883. The van der Waals surface area contributed by atoms with Crippen LogP contribution in [0.25, 0.3) is 11.1 Å². The second kappa shape index (κ2) is 7.82. The molecule has 6 nitrogen and oxygen atoms in total. The first kappa shape index (κ1) is 17.7. The number of benzene rings is 2. The van der Waals surface area contributed by atoms with E-state index in [-0.39, 0.29) is 11.8 Å². The molecular formula is C20H20N2O4. The molecule has 134 valence electrons. The van der Waals surface area contributed by atoms with Crippen molar-refractivity contribution < 1.29 is 19.1 Å². The molecule has 0 spiro atoms. The Morgan fingerprint density at radius 1 is 1.00 bits per heavy atom. The fourth-order valence-corrected chi connectivity index (χ4v) is 2.98. The maximum Gasteiger partial charge on any atom is 0.412 e. The number of carbonyl (C=O) groups is 3. The lowest BCUT2D eigenvalue weighted by molar-refractivity contribution is -0.120. The molecule has 26 heavy (non-hydrogen) atoms. The van der Waals surface area contributed by atoms with Crippen molar-refractivity contribution in [1.82, 2.24) is 5.32 Å². The van der Waals surface area contributed by atoms with Gasteiger partial charge in [-0.2, -0.15) is 0 Å². The third kappa shape index (κ3) is 4.47. The van der Waals surface area contributed by atoms with Crippen LogP contribution in [0.4, 0.5) is 4.79 Å². The average molecular weight is 352 g/mol. The third-order valence-corrected chi connectivity index (χ3v) is 4.39. The molecule has 0 heterocycles. The van der Waals surface area contributed by atoms with Gasteiger partial charge >= 0.3 is 6.09 Å². The van der Waals surface area contributed by atoms with Crippen LogP contribution in [0.3, 0.4) is 0 Å². The summed E-state index contributed by atoms with van der Waals surface area (Å²) in [6.45, 7) is 0. The monoisotopic (exact) mass is 352 g/mol. The van der Waals surface area contributed by atoms with Crippen LogP contribution in [0.1, 0.15) is 36.0 Å². The number of rotatable bonds is 4. The summed E-state index contributed by atoms with van der Waals surface area (Å²) in [4.78, 5) is 34.7. The molecule has 1 aliphatic carbocycles. The summed E-state index contributed by atoms with van der Waals surface area (Å²) in [5, 5.41) is 2.80. The molecule has 0 radical (unpaired) electrons. The summed E-state index contributed by atoms with van der Waals surface area (Å²) in [6, 6.07) is 14.0. The van der Waals surface area contributed by atoms with Crippen LogP contribution in [-0.2, 0) is 4.79 Å². The Labute approximate surface area is 151 Å². The maximum atomic E-state index is 12.1. The molecule has 0 unspecified atom stereocenters. The molecule has 1 saturated carbocycles. The SMILES string of the molecule is NC(=O)c1cccc(-c2cccc(OC(=O)NC3CCC(=O)CC3)c2)c1. The molecular weight excluding hydrogens is 332 g/mol. The van der Waals surface area contributed by atoms with E-state index in [9.17, 15) is 14.4 Å². The Morgan fingerprint density at radius 3 is 2.35 bits per heavy atom. The van der Waals surface area contributed by atoms with Gasteiger partial charge in [0.05, 0.1) is 0 Å². The topological polar surface area (TPSA) is 98.5 Å². The van der Waals surface area contributed by atoms with Gasteiger partial charge in [0.2, 0.25) is 5.91 Å². The zero-order valence-corrected chi connectivity index (χ0v) is 14.2. The van der Waals surface area contributed by atoms with Gasteiger partial charge in [0, 0.05) is 24.4 Å². The number of amides is 2. The molecule has 0 bridgehead atoms. The standard InChI is InChI=1S/C20H20N2O4/c21-19(24)15-5-1-3-13(11-15)14-4-2-6-18(12-14)26-20(25)22-16-7-9-17(23)10-8-16/h1-6,11-12,16H,7-10H2,(H2,21,24)(H,22,25). The fourth-order valence-electron chi connectivity index (χ4n) is 2.98. The lowest BCUT2D eigenvalue weighted by Crippen LogP contribution is -2.39. The highest BCUT2D eigenvalue weighted by Gasteiger charge is 2.21. The van der Waals surface area contributed by atoms with Gasteiger partial charge in [-0.25, -0.2) is 4.79 Å². The Morgan fingerprint density at radius 2 is 1.65 bits per heavy atom. The number of hydrogen-bond donors (Lipinski definition) is 2. The lowest BCUT2D eigenvalue weighted by atomic mass is 9.95. The van der Waals surface area contributed by atoms with Crippen molar-refractivity contribution in [2.45, 2.75) is 31.7 Å². The van der Waals surface area contributed by atoms with Gasteiger partial charge < -0.3 is 15.8 Å². The predicted octanol–water partition coefficient (Wildman–Crippen LogP) is 3.05. The largest absolute Gasteiger partial charge is 0.412 e. The zero-order valence-electron chi connectivity index (χ0n) is 14.2. The number of nitrogens with one attached hydrogen (secondary N) is 1.